The van der Waals surface area contributed by atoms with Gasteiger partial charge in [0.2, 0.25) is 11.8 Å². The van der Waals surface area contributed by atoms with Gasteiger partial charge in [-0.1, -0.05) is 67.1 Å². The van der Waals surface area contributed by atoms with E-state index in [2.05, 4.69) is 10.6 Å². The van der Waals surface area contributed by atoms with Crippen LogP contribution >= 0.6 is 31.0 Å². The van der Waals surface area contributed by atoms with E-state index in [1.54, 1.807) is 93.8 Å². The molecule has 0 aliphatic carbocycles. The first kappa shape index (κ1) is 57.4. The Kier molecular flexibility index (Phi) is 17.7. The van der Waals surface area contributed by atoms with E-state index in [0.717, 1.165) is 26.8 Å². The lowest BCUT2D eigenvalue weighted by molar-refractivity contribution is -0.137. The minimum atomic E-state index is -4.28. The van der Waals surface area contributed by atoms with Crippen LogP contribution in [0.5, 0.6) is 11.5 Å². The third kappa shape index (κ3) is 13.5. The minimum absolute atomic E-state index is 0.0346. The van der Waals surface area contributed by atoms with Gasteiger partial charge in [-0.25, -0.2) is 4.57 Å². The highest BCUT2D eigenvalue weighted by atomic mass is 35.5. The maximum Gasteiger partial charge on any atom is 0.531 e. The molecule has 3 aliphatic rings. The largest absolute Gasteiger partial charge is 0.531 e. The van der Waals surface area contributed by atoms with Gasteiger partial charge in [0.05, 0.1) is 22.6 Å². The van der Waals surface area contributed by atoms with Crippen molar-refractivity contribution in [2.24, 2.45) is 0 Å². The zero-order valence-corrected chi connectivity index (χ0v) is 46.9. The average Bonchev–Trinajstić information content (AvgIpc) is 4.19. The molecule has 6 amide bonds. The molecule has 0 saturated carbocycles. The number of anilines is 3. The number of imide groups is 1. The second kappa shape index (κ2) is 24.1. The Hall–Kier alpha value is -6.81. The van der Waals surface area contributed by atoms with Crippen molar-refractivity contribution in [3.05, 3.63) is 125 Å². The van der Waals surface area contributed by atoms with Gasteiger partial charge in [-0.05, 0) is 106 Å². The van der Waals surface area contributed by atoms with Crippen molar-refractivity contribution in [1.29, 1.82) is 0 Å². The lowest BCUT2D eigenvalue weighted by Crippen LogP contribution is -2.31. The van der Waals surface area contributed by atoms with Crippen molar-refractivity contribution in [3.8, 4) is 11.5 Å². The lowest BCUT2D eigenvalue weighted by Gasteiger charge is -2.31. The molecule has 8 rings (SSSR count). The number of carbonyl (C=O) groups excluding carboxylic acids is 6. The van der Waals surface area contributed by atoms with Gasteiger partial charge >= 0.3 is 7.82 Å². The van der Waals surface area contributed by atoms with Crippen LogP contribution in [0.25, 0.3) is 33.7 Å². The summed E-state index contributed by atoms with van der Waals surface area (Å²) in [5.74, 6) is -1.91. The van der Waals surface area contributed by atoms with Gasteiger partial charge in [-0.15, -0.1) is 23.2 Å². The second-order valence-electron chi connectivity index (χ2n) is 21.4. The van der Waals surface area contributed by atoms with Crippen LogP contribution in [0, 0.1) is 0 Å². The zero-order valence-electron chi connectivity index (χ0n) is 44.5. The molecule has 0 fully saturated rings. The van der Waals surface area contributed by atoms with E-state index < -0.39 is 30.8 Å². The molecule has 16 nitrogen and oxygen atoms in total. The number of halogens is 2. The van der Waals surface area contributed by atoms with Gasteiger partial charge in [0.25, 0.3) is 23.6 Å². The highest BCUT2D eigenvalue weighted by Gasteiger charge is 2.41. The van der Waals surface area contributed by atoms with Crippen LogP contribution in [-0.4, -0.2) is 94.6 Å². The summed E-state index contributed by atoms with van der Waals surface area (Å²) in [6.07, 6.45) is 10.3. The minimum Gasteiger partial charge on any atom is -0.507 e. The molecule has 19 heteroatoms. The van der Waals surface area contributed by atoms with Crippen molar-refractivity contribution in [1.82, 2.24) is 10.2 Å². The number of aromatic hydroxyl groups is 1. The second-order valence-corrected chi connectivity index (χ2v) is 23.5. The fraction of sp³-hybridized carbons (Fsp3) is 0.356. The number of carbonyl (C=O) groups is 6. The number of fused-ring (bicyclic) bond motifs is 6. The molecule has 410 valence electrons. The van der Waals surface area contributed by atoms with Crippen molar-refractivity contribution < 1.29 is 52.0 Å². The van der Waals surface area contributed by atoms with E-state index in [9.17, 15) is 38.4 Å². The third-order valence-electron chi connectivity index (χ3n) is 13.2. The van der Waals surface area contributed by atoms with E-state index in [1.807, 2.05) is 48.5 Å². The molecule has 0 spiro atoms. The van der Waals surface area contributed by atoms with Gasteiger partial charge in [-0.3, -0.25) is 42.7 Å². The maximum absolute atomic E-state index is 14.5. The van der Waals surface area contributed by atoms with Gasteiger partial charge in [0.15, 0.2) is 0 Å². The SMILES string of the molecule is CC(C)(C)OP(=O)(Oc1cc2c(c3ccccc13)[C@H](CCl)CN2C(=O)/C=C/c1ccc(/C=C/C(=O)N2C[C@@H](CCl)c3c2cc(O)c2ccccc32)cc1NC(=O)CCNC(=O)CCCCCN1C(=O)C=CC1=O)OC(C)(C)C. The molecule has 5 aromatic carbocycles. The van der Waals surface area contributed by atoms with Crippen LogP contribution in [0.2, 0.25) is 0 Å². The fourth-order valence-electron chi connectivity index (χ4n) is 9.87. The molecule has 3 heterocycles. The molecule has 3 N–H and O–H groups in total. The molecule has 0 unspecified atom stereocenters. The van der Waals surface area contributed by atoms with E-state index in [1.165, 1.54) is 24.3 Å². The average molecular weight is 1120 g/mol. The van der Waals surface area contributed by atoms with Crippen molar-refractivity contribution in [3.63, 3.8) is 0 Å². The molecule has 78 heavy (non-hydrogen) atoms. The summed E-state index contributed by atoms with van der Waals surface area (Å²) < 4.78 is 32.7. The van der Waals surface area contributed by atoms with E-state index in [4.69, 9.17) is 36.8 Å². The van der Waals surface area contributed by atoms with Crippen LogP contribution in [0.1, 0.15) is 108 Å². The Bertz CT molecular complexity index is 3290. The first-order valence-corrected chi connectivity index (χ1v) is 28.4. The van der Waals surface area contributed by atoms with Gasteiger partial charge in [0, 0.05) is 116 Å². The maximum atomic E-state index is 14.5. The summed E-state index contributed by atoms with van der Waals surface area (Å²) in [5, 5.41) is 19.5. The van der Waals surface area contributed by atoms with Crippen LogP contribution < -0.4 is 25.0 Å². The first-order chi connectivity index (χ1) is 37.0. The van der Waals surface area contributed by atoms with Crippen LogP contribution in [0.3, 0.4) is 0 Å². The predicted octanol–water partition coefficient (Wildman–Crippen LogP) is 11.5. The Morgan fingerprint density at radius 1 is 0.692 bits per heavy atom. The number of nitrogens with zero attached hydrogens (tertiary/aromatic N) is 3. The number of unbranched alkanes of at least 4 members (excludes halogenated alkanes) is 2. The van der Waals surface area contributed by atoms with Crippen molar-refractivity contribution in [2.45, 2.75) is 96.7 Å². The standard InChI is InChI=1S/C59H64Cl2N5O11P/c1-58(2,3)76-78(74,77-59(4,5)6)75-49-32-47-57(44-17-12-10-15-42(44)49)40(34-61)36-66(47)55(73)24-22-38-21-19-37(20-23-54(72)65-35-39(33-60)56-43-16-11-9-14-41(43)48(67)31-46(56)65)30-45(38)63-51(69)27-28-62-50(68)18-8-7-13-29-64-52(70)25-26-53(64)71/h9-12,14-17,19-26,30-32,39-40,67H,7-8,13,18,27-29,33-36H2,1-6H3,(H,62,68)(H,63,69)/b23-20+,24-22+/t39-,40-/m1/s1. The predicted molar refractivity (Wildman–Crippen MR) is 306 cm³/mol. The highest BCUT2D eigenvalue weighted by molar-refractivity contribution is 7.49. The van der Waals surface area contributed by atoms with Crippen molar-refractivity contribution in [2.75, 3.05) is 53.1 Å². The highest BCUT2D eigenvalue weighted by Crippen LogP contribution is 2.58. The summed E-state index contributed by atoms with van der Waals surface area (Å²) >= 11 is 13.1. The number of benzene rings is 5. The molecular weight excluding hydrogens is 1060 g/mol. The molecule has 2 atom stereocenters. The van der Waals surface area contributed by atoms with E-state index in [-0.39, 0.29) is 91.2 Å². The molecule has 0 radical (unpaired) electrons. The summed E-state index contributed by atoms with van der Waals surface area (Å²) in [7, 11) is -4.28. The molecular formula is C59H64Cl2N5O11P. The van der Waals surface area contributed by atoms with Crippen LogP contribution in [0.15, 0.2) is 103 Å². The Labute approximate surface area is 464 Å². The molecule has 0 aromatic heterocycles. The Balaban J connectivity index is 1.03. The number of rotatable bonds is 20. The number of phenolic OH excluding ortho intramolecular Hbond substituents is 1. The Morgan fingerprint density at radius 3 is 1.83 bits per heavy atom. The number of phenols is 1. The quantitative estimate of drug-likeness (QED) is 0.0220. The molecule has 0 bridgehead atoms. The number of nitrogens with one attached hydrogen (secondary N) is 2. The summed E-state index contributed by atoms with van der Waals surface area (Å²) in [4.78, 5) is 82.8. The molecule has 5 aromatic rings. The smallest absolute Gasteiger partial charge is 0.507 e. The summed E-state index contributed by atoms with van der Waals surface area (Å²) in [5.41, 5.74) is 2.25. The monoisotopic (exact) mass is 1120 g/mol. The fourth-order valence-corrected chi connectivity index (χ4v) is 12.2. The number of hydrogen-bond donors (Lipinski definition) is 3. The Morgan fingerprint density at radius 2 is 1.24 bits per heavy atom. The van der Waals surface area contributed by atoms with Gasteiger partial charge in [0.1, 0.15) is 11.5 Å². The topological polar surface area (TPSA) is 201 Å². The van der Waals surface area contributed by atoms with Crippen LogP contribution in [-0.2, 0) is 42.4 Å². The zero-order chi connectivity index (χ0) is 56.1. The van der Waals surface area contributed by atoms with Gasteiger partial charge < -0.3 is 30.1 Å². The van der Waals surface area contributed by atoms with Crippen LogP contribution in [0.4, 0.5) is 17.1 Å². The number of amides is 6. The van der Waals surface area contributed by atoms with E-state index in [0.29, 0.717) is 64.8 Å². The summed E-state index contributed by atoms with van der Waals surface area (Å²) in [6.45, 7) is 11.3. The van der Waals surface area contributed by atoms with E-state index >= 15 is 0 Å². The normalized spacial score (nSPS) is 16.5. The lowest BCUT2D eigenvalue weighted by atomic mass is 9.95. The number of alkyl halides is 2. The molecule has 3 aliphatic heterocycles. The first-order valence-electron chi connectivity index (χ1n) is 25.9. The number of hydrogen-bond acceptors (Lipinski definition) is 11. The van der Waals surface area contributed by atoms with Gasteiger partial charge in [-0.2, -0.15) is 0 Å². The van der Waals surface area contributed by atoms with Crippen molar-refractivity contribution >= 4 is 117 Å². The third-order valence-corrected chi connectivity index (χ3v) is 15.9. The number of phosphoric ester groups is 1. The number of phosphoric acid groups is 1. The molecule has 0 saturated heterocycles. The summed E-state index contributed by atoms with van der Waals surface area (Å²) in [6, 6.07) is 23.2.